The van der Waals surface area contributed by atoms with E-state index in [9.17, 15) is 4.39 Å². The molecule has 1 aromatic heterocycles. The van der Waals surface area contributed by atoms with Gasteiger partial charge in [-0.05, 0) is 31.5 Å². The monoisotopic (exact) mass is 260 g/mol. The Labute approximate surface area is 111 Å². The SMILES string of the molecule is CCc1nc(N)nc(C(C)(C)c2ccc(F)cc2)n1. The summed E-state index contributed by atoms with van der Waals surface area (Å²) in [6, 6.07) is 6.34. The van der Waals surface area contributed by atoms with Crippen LogP contribution in [0, 0.1) is 5.82 Å². The number of hydrogen-bond donors (Lipinski definition) is 1. The molecule has 4 nitrogen and oxygen atoms in total. The zero-order valence-corrected chi connectivity index (χ0v) is 11.3. The van der Waals surface area contributed by atoms with Crippen LogP contribution in [0.3, 0.4) is 0 Å². The molecule has 1 aromatic carbocycles. The lowest BCUT2D eigenvalue weighted by atomic mass is 9.84. The van der Waals surface area contributed by atoms with Crippen LogP contribution in [0.25, 0.3) is 0 Å². The summed E-state index contributed by atoms with van der Waals surface area (Å²) < 4.78 is 13.0. The van der Waals surface area contributed by atoms with Crippen molar-refractivity contribution in [1.29, 1.82) is 0 Å². The molecule has 2 N–H and O–H groups in total. The summed E-state index contributed by atoms with van der Waals surface area (Å²) in [5.74, 6) is 1.22. The quantitative estimate of drug-likeness (QED) is 0.920. The number of rotatable bonds is 3. The summed E-state index contributed by atoms with van der Waals surface area (Å²) in [5, 5.41) is 0. The number of nitrogens with zero attached hydrogens (tertiary/aromatic N) is 3. The van der Waals surface area contributed by atoms with Crippen LogP contribution < -0.4 is 5.73 Å². The maximum Gasteiger partial charge on any atom is 0.223 e. The fraction of sp³-hybridized carbons (Fsp3) is 0.357. The molecule has 0 saturated carbocycles. The number of aromatic nitrogens is 3. The molecule has 0 aliphatic heterocycles. The first kappa shape index (κ1) is 13.4. The molecule has 0 fully saturated rings. The summed E-state index contributed by atoms with van der Waals surface area (Å²) in [5.41, 5.74) is 6.19. The van der Waals surface area contributed by atoms with Crippen LogP contribution in [-0.2, 0) is 11.8 Å². The highest BCUT2D eigenvalue weighted by Crippen LogP contribution is 2.29. The standard InChI is InChI=1S/C14H17FN4/c1-4-11-17-12(19-13(16)18-11)14(2,3)9-5-7-10(15)8-6-9/h5-8H,4H2,1-3H3,(H2,16,17,18,19). The van der Waals surface area contributed by atoms with Gasteiger partial charge in [0.15, 0.2) is 0 Å². The first-order valence-electron chi connectivity index (χ1n) is 6.20. The van der Waals surface area contributed by atoms with E-state index in [0.717, 1.165) is 5.56 Å². The van der Waals surface area contributed by atoms with Crippen LogP contribution in [0.1, 0.15) is 38.0 Å². The van der Waals surface area contributed by atoms with Gasteiger partial charge in [0.25, 0.3) is 0 Å². The molecule has 0 aliphatic rings. The molecule has 0 radical (unpaired) electrons. The van der Waals surface area contributed by atoms with Crippen molar-refractivity contribution >= 4 is 5.95 Å². The van der Waals surface area contributed by atoms with Crippen LogP contribution in [0.2, 0.25) is 0 Å². The summed E-state index contributed by atoms with van der Waals surface area (Å²) in [7, 11) is 0. The van der Waals surface area contributed by atoms with Gasteiger partial charge in [0.05, 0.1) is 0 Å². The average Bonchev–Trinajstić information content (AvgIpc) is 2.38. The van der Waals surface area contributed by atoms with Crippen molar-refractivity contribution in [3.63, 3.8) is 0 Å². The third-order valence-electron chi connectivity index (χ3n) is 3.14. The molecule has 0 saturated heterocycles. The molecule has 0 atom stereocenters. The fourth-order valence-electron chi connectivity index (χ4n) is 1.87. The summed E-state index contributed by atoms with van der Waals surface area (Å²) >= 11 is 0. The molecule has 0 amide bonds. The highest BCUT2D eigenvalue weighted by Gasteiger charge is 2.27. The van der Waals surface area contributed by atoms with Crippen LogP contribution in [0.5, 0.6) is 0 Å². The number of halogens is 1. The van der Waals surface area contributed by atoms with Gasteiger partial charge in [0.2, 0.25) is 5.95 Å². The van der Waals surface area contributed by atoms with Gasteiger partial charge in [-0.25, -0.2) is 9.37 Å². The zero-order valence-electron chi connectivity index (χ0n) is 11.3. The fourth-order valence-corrected chi connectivity index (χ4v) is 1.87. The van der Waals surface area contributed by atoms with E-state index < -0.39 is 5.41 Å². The molecule has 0 aliphatic carbocycles. The molecule has 0 unspecified atom stereocenters. The number of nitrogens with two attached hydrogens (primary N) is 1. The van der Waals surface area contributed by atoms with Gasteiger partial charge in [-0.2, -0.15) is 9.97 Å². The van der Waals surface area contributed by atoms with E-state index in [1.807, 2.05) is 20.8 Å². The molecule has 5 heteroatoms. The second-order valence-electron chi connectivity index (χ2n) is 4.92. The maximum atomic E-state index is 13.0. The minimum Gasteiger partial charge on any atom is -0.368 e. The predicted molar refractivity (Wildman–Crippen MR) is 72.1 cm³/mol. The minimum absolute atomic E-state index is 0.219. The first-order valence-corrected chi connectivity index (χ1v) is 6.20. The van der Waals surface area contributed by atoms with Crippen LogP contribution in [-0.4, -0.2) is 15.0 Å². The lowest BCUT2D eigenvalue weighted by molar-refractivity contribution is 0.575. The summed E-state index contributed by atoms with van der Waals surface area (Å²) in [6.07, 6.45) is 0.694. The Morgan fingerprint density at radius 3 is 2.32 bits per heavy atom. The third-order valence-corrected chi connectivity index (χ3v) is 3.14. The van der Waals surface area contributed by atoms with Gasteiger partial charge in [-0.15, -0.1) is 0 Å². The van der Waals surface area contributed by atoms with E-state index in [4.69, 9.17) is 5.73 Å². The number of nitrogen functional groups attached to an aromatic ring is 1. The molecule has 0 spiro atoms. The van der Waals surface area contributed by atoms with Gasteiger partial charge in [0, 0.05) is 11.8 Å². The Hall–Kier alpha value is -2.04. The Bertz CT molecular complexity index is 578. The lowest BCUT2D eigenvalue weighted by Gasteiger charge is -2.24. The molecule has 100 valence electrons. The van der Waals surface area contributed by atoms with Gasteiger partial charge in [0.1, 0.15) is 17.5 Å². The topological polar surface area (TPSA) is 64.7 Å². The Morgan fingerprint density at radius 1 is 1.11 bits per heavy atom. The number of anilines is 1. The zero-order chi connectivity index (χ0) is 14.0. The molecule has 19 heavy (non-hydrogen) atoms. The van der Waals surface area contributed by atoms with Gasteiger partial charge < -0.3 is 5.73 Å². The molecule has 1 heterocycles. The predicted octanol–water partition coefficient (Wildman–Crippen LogP) is 2.48. The molecule has 2 rings (SSSR count). The number of benzene rings is 1. The maximum absolute atomic E-state index is 13.0. The van der Waals surface area contributed by atoms with Crippen molar-refractivity contribution in [2.75, 3.05) is 5.73 Å². The van der Waals surface area contributed by atoms with E-state index >= 15 is 0 Å². The van der Waals surface area contributed by atoms with Crippen molar-refractivity contribution in [1.82, 2.24) is 15.0 Å². The van der Waals surface area contributed by atoms with Crippen molar-refractivity contribution < 1.29 is 4.39 Å². The molecular formula is C14H17FN4. The second kappa shape index (κ2) is 4.91. The van der Waals surface area contributed by atoms with E-state index in [-0.39, 0.29) is 11.8 Å². The Kier molecular flexibility index (Phi) is 3.46. The Morgan fingerprint density at radius 2 is 1.74 bits per heavy atom. The number of aryl methyl sites for hydroxylation is 1. The third kappa shape index (κ3) is 2.70. The van der Waals surface area contributed by atoms with Crippen LogP contribution >= 0.6 is 0 Å². The van der Waals surface area contributed by atoms with Crippen molar-refractivity contribution in [2.24, 2.45) is 0 Å². The molecular weight excluding hydrogens is 243 g/mol. The van der Waals surface area contributed by atoms with Crippen molar-refractivity contribution in [3.8, 4) is 0 Å². The summed E-state index contributed by atoms with van der Waals surface area (Å²) in [4.78, 5) is 12.7. The first-order chi connectivity index (χ1) is 8.93. The van der Waals surface area contributed by atoms with Gasteiger partial charge >= 0.3 is 0 Å². The summed E-state index contributed by atoms with van der Waals surface area (Å²) in [6.45, 7) is 5.92. The average molecular weight is 260 g/mol. The highest BCUT2D eigenvalue weighted by atomic mass is 19.1. The second-order valence-corrected chi connectivity index (χ2v) is 4.92. The largest absolute Gasteiger partial charge is 0.368 e. The van der Waals surface area contributed by atoms with E-state index in [0.29, 0.717) is 18.1 Å². The molecule has 2 aromatic rings. The van der Waals surface area contributed by atoms with E-state index in [2.05, 4.69) is 15.0 Å². The number of hydrogen-bond acceptors (Lipinski definition) is 4. The van der Waals surface area contributed by atoms with Gasteiger partial charge in [-0.3, -0.25) is 0 Å². The van der Waals surface area contributed by atoms with Crippen molar-refractivity contribution in [2.45, 2.75) is 32.6 Å². The molecule has 0 bridgehead atoms. The smallest absolute Gasteiger partial charge is 0.223 e. The highest BCUT2D eigenvalue weighted by molar-refractivity contribution is 5.32. The van der Waals surface area contributed by atoms with E-state index in [1.54, 1.807) is 12.1 Å². The van der Waals surface area contributed by atoms with Crippen molar-refractivity contribution in [3.05, 3.63) is 47.3 Å². The lowest BCUT2D eigenvalue weighted by Crippen LogP contribution is -2.24. The van der Waals surface area contributed by atoms with Crippen LogP contribution in [0.15, 0.2) is 24.3 Å². The van der Waals surface area contributed by atoms with Crippen LogP contribution in [0.4, 0.5) is 10.3 Å². The normalized spacial score (nSPS) is 11.6. The minimum atomic E-state index is -0.450. The Balaban J connectivity index is 2.49. The van der Waals surface area contributed by atoms with Gasteiger partial charge in [-0.1, -0.05) is 19.1 Å². The van der Waals surface area contributed by atoms with E-state index in [1.165, 1.54) is 12.1 Å².